The van der Waals surface area contributed by atoms with Crippen LogP contribution >= 0.6 is 0 Å². The van der Waals surface area contributed by atoms with Crippen LogP contribution in [-0.4, -0.2) is 31.1 Å². The van der Waals surface area contributed by atoms with E-state index in [0.29, 0.717) is 29.5 Å². The van der Waals surface area contributed by atoms with Crippen molar-refractivity contribution in [2.45, 2.75) is 27.0 Å². The number of carbonyl (C=O) groups is 1. The lowest BCUT2D eigenvalue weighted by Crippen LogP contribution is -2.13. The summed E-state index contributed by atoms with van der Waals surface area (Å²) in [5, 5.41) is 14.1. The van der Waals surface area contributed by atoms with Crippen LogP contribution in [0.5, 0.6) is 5.75 Å². The molecule has 1 N–H and O–H groups in total. The Hall–Kier alpha value is -3.29. The first-order valence-corrected chi connectivity index (χ1v) is 7.88. The zero-order valence-corrected chi connectivity index (χ0v) is 14.0. The van der Waals surface area contributed by atoms with E-state index in [1.807, 2.05) is 26.0 Å². The number of carbonyl (C=O) groups excluding carboxylic acids is 1. The van der Waals surface area contributed by atoms with Crippen molar-refractivity contribution < 1.29 is 9.53 Å². The Morgan fingerprint density at radius 2 is 2.00 bits per heavy atom. The van der Waals surface area contributed by atoms with Gasteiger partial charge in [0, 0.05) is 17.8 Å². The molecule has 8 heteroatoms. The number of anilines is 1. The second-order valence-corrected chi connectivity index (χ2v) is 5.34. The molecule has 1 amide bonds. The van der Waals surface area contributed by atoms with Crippen molar-refractivity contribution in [3.8, 4) is 5.75 Å². The predicted octanol–water partition coefficient (Wildman–Crippen LogP) is 2.23. The molecule has 0 fully saturated rings. The minimum absolute atomic E-state index is 0.223. The number of rotatable bonds is 6. The van der Waals surface area contributed by atoms with E-state index in [2.05, 4.69) is 25.8 Å². The molecule has 2 heterocycles. The third kappa shape index (κ3) is 4.17. The van der Waals surface area contributed by atoms with Gasteiger partial charge >= 0.3 is 0 Å². The van der Waals surface area contributed by atoms with Crippen LogP contribution in [0.1, 0.15) is 28.8 Å². The highest BCUT2D eigenvalue weighted by molar-refractivity contribution is 6.03. The third-order valence-corrected chi connectivity index (χ3v) is 3.52. The molecule has 0 spiro atoms. The molecule has 2 aromatic heterocycles. The molecule has 1 aromatic carbocycles. The van der Waals surface area contributed by atoms with E-state index in [9.17, 15) is 4.79 Å². The predicted molar refractivity (Wildman–Crippen MR) is 91.2 cm³/mol. The zero-order valence-electron chi connectivity index (χ0n) is 14.0. The summed E-state index contributed by atoms with van der Waals surface area (Å²) in [6.45, 7) is 4.77. The molecule has 0 aliphatic heterocycles. The first-order chi connectivity index (χ1) is 12.2. The van der Waals surface area contributed by atoms with Crippen LogP contribution in [0.25, 0.3) is 0 Å². The molecule has 0 radical (unpaired) electrons. The van der Waals surface area contributed by atoms with E-state index >= 15 is 0 Å². The average Bonchev–Trinajstić information content (AvgIpc) is 3.08. The fraction of sp³-hybridized carbons (Fsp3) is 0.235. The maximum absolute atomic E-state index is 12.2. The number of pyridine rings is 1. The van der Waals surface area contributed by atoms with Crippen LogP contribution in [0, 0.1) is 6.92 Å². The molecular formula is C17H18N6O2. The number of hydrogen-bond acceptors (Lipinski definition) is 6. The van der Waals surface area contributed by atoms with Gasteiger partial charge in [0.15, 0.2) is 5.82 Å². The standard InChI is InChI=1S/C17H18N6O2/c1-3-23-16(20-21-22-23)11-25-14-9-7-13(8-10-14)17(24)19-15-6-4-5-12(2)18-15/h4-10H,3,11H2,1-2H3,(H,18,19,24). The number of hydrogen-bond donors (Lipinski definition) is 1. The first-order valence-electron chi connectivity index (χ1n) is 7.88. The number of aryl methyl sites for hydroxylation is 2. The average molecular weight is 338 g/mol. The Morgan fingerprint density at radius 1 is 1.20 bits per heavy atom. The Morgan fingerprint density at radius 3 is 2.72 bits per heavy atom. The van der Waals surface area contributed by atoms with Gasteiger partial charge in [-0.1, -0.05) is 6.07 Å². The van der Waals surface area contributed by atoms with Crippen LogP contribution in [0.3, 0.4) is 0 Å². The number of nitrogens with zero attached hydrogens (tertiary/aromatic N) is 5. The largest absolute Gasteiger partial charge is 0.486 e. The molecule has 0 bridgehead atoms. The molecule has 0 saturated heterocycles. The lowest BCUT2D eigenvalue weighted by atomic mass is 10.2. The molecule has 0 aliphatic rings. The van der Waals surface area contributed by atoms with Crippen molar-refractivity contribution >= 4 is 11.7 Å². The Labute approximate surface area is 144 Å². The highest BCUT2D eigenvalue weighted by Crippen LogP contribution is 2.15. The minimum atomic E-state index is -0.223. The van der Waals surface area contributed by atoms with Crippen molar-refractivity contribution in [3.63, 3.8) is 0 Å². The second kappa shape index (κ2) is 7.52. The van der Waals surface area contributed by atoms with Gasteiger partial charge in [-0.05, 0) is 60.7 Å². The summed E-state index contributed by atoms with van der Waals surface area (Å²) in [6.07, 6.45) is 0. The number of benzene rings is 1. The first kappa shape index (κ1) is 16.6. The van der Waals surface area contributed by atoms with Crippen molar-refractivity contribution in [2.75, 3.05) is 5.32 Å². The Kier molecular flexibility index (Phi) is 4.98. The van der Waals surface area contributed by atoms with E-state index in [4.69, 9.17) is 4.74 Å². The topological polar surface area (TPSA) is 94.8 Å². The van der Waals surface area contributed by atoms with Gasteiger partial charge in [-0.2, -0.15) is 0 Å². The van der Waals surface area contributed by atoms with Gasteiger partial charge in [-0.15, -0.1) is 5.10 Å². The van der Waals surface area contributed by atoms with E-state index in [0.717, 1.165) is 5.69 Å². The molecule has 128 valence electrons. The van der Waals surface area contributed by atoms with E-state index in [-0.39, 0.29) is 12.5 Å². The van der Waals surface area contributed by atoms with Gasteiger partial charge < -0.3 is 10.1 Å². The van der Waals surface area contributed by atoms with E-state index in [1.165, 1.54) is 0 Å². The Balaban J connectivity index is 1.60. The molecule has 0 aliphatic carbocycles. The minimum Gasteiger partial charge on any atom is -0.486 e. The second-order valence-electron chi connectivity index (χ2n) is 5.34. The lowest BCUT2D eigenvalue weighted by molar-refractivity contribution is 0.102. The van der Waals surface area contributed by atoms with E-state index in [1.54, 1.807) is 35.0 Å². The van der Waals surface area contributed by atoms with Crippen molar-refractivity contribution in [1.29, 1.82) is 0 Å². The van der Waals surface area contributed by atoms with Crippen LogP contribution < -0.4 is 10.1 Å². The summed E-state index contributed by atoms with van der Waals surface area (Å²) in [6, 6.07) is 12.3. The monoisotopic (exact) mass is 338 g/mol. The van der Waals surface area contributed by atoms with Crippen molar-refractivity contribution in [1.82, 2.24) is 25.2 Å². The number of ether oxygens (including phenoxy) is 1. The molecule has 0 saturated carbocycles. The number of tetrazole rings is 1. The molecule has 8 nitrogen and oxygen atoms in total. The summed E-state index contributed by atoms with van der Waals surface area (Å²) in [5.41, 5.74) is 1.37. The van der Waals surface area contributed by atoms with E-state index < -0.39 is 0 Å². The SMILES string of the molecule is CCn1nnnc1COc1ccc(C(=O)Nc2cccc(C)n2)cc1. The molecule has 3 aromatic rings. The zero-order chi connectivity index (χ0) is 17.6. The molecular weight excluding hydrogens is 320 g/mol. The number of amides is 1. The highest BCUT2D eigenvalue weighted by Gasteiger charge is 2.08. The van der Waals surface area contributed by atoms with Gasteiger partial charge in [0.1, 0.15) is 18.2 Å². The quantitative estimate of drug-likeness (QED) is 0.740. The number of aromatic nitrogens is 5. The lowest BCUT2D eigenvalue weighted by Gasteiger charge is -2.08. The fourth-order valence-corrected chi connectivity index (χ4v) is 2.22. The summed E-state index contributed by atoms with van der Waals surface area (Å²) in [4.78, 5) is 16.5. The normalized spacial score (nSPS) is 10.5. The highest BCUT2D eigenvalue weighted by atomic mass is 16.5. The summed E-state index contributed by atoms with van der Waals surface area (Å²) >= 11 is 0. The summed E-state index contributed by atoms with van der Waals surface area (Å²) < 4.78 is 7.32. The number of nitrogens with one attached hydrogen (secondary N) is 1. The molecule has 25 heavy (non-hydrogen) atoms. The van der Waals surface area contributed by atoms with Crippen LogP contribution in [0.2, 0.25) is 0 Å². The maximum atomic E-state index is 12.2. The fourth-order valence-electron chi connectivity index (χ4n) is 2.22. The van der Waals surface area contributed by atoms with Crippen molar-refractivity contribution in [2.24, 2.45) is 0 Å². The maximum Gasteiger partial charge on any atom is 0.256 e. The van der Waals surface area contributed by atoms with Gasteiger partial charge in [0.05, 0.1) is 0 Å². The van der Waals surface area contributed by atoms with Gasteiger partial charge in [-0.3, -0.25) is 4.79 Å². The van der Waals surface area contributed by atoms with Crippen LogP contribution in [0.4, 0.5) is 5.82 Å². The van der Waals surface area contributed by atoms with Crippen LogP contribution in [0.15, 0.2) is 42.5 Å². The Bertz CT molecular complexity index is 860. The van der Waals surface area contributed by atoms with Gasteiger partial charge in [0.2, 0.25) is 0 Å². The van der Waals surface area contributed by atoms with Crippen LogP contribution in [-0.2, 0) is 13.2 Å². The van der Waals surface area contributed by atoms with Gasteiger partial charge in [0.25, 0.3) is 5.91 Å². The molecule has 3 rings (SSSR count). The van der Waals surface area contributed by atoms with Gasteiger partial charge in [-0.25, -0.2) is 9.67 Å². The summed E-state index contributed by atoms with van der Waals surface area (Å²) in [5.74, 6) is 1.59. The molecule has 0 atom stereocenters. The summed E-state index contributed by atoms with van der Waals surface area (Å²) in [7, 11) is 0. The smallest absolute Gasteiger partial charge is 0.256 e. The third-order valence-electron chi connectivity index (χ3n) is 3.52. The van der Waals surface area contributed by atoms with Crippen molar-refractivity contribution in [3.05, 3.63) is 59.5 Å². The molecule has 0 unspecified atom stereocenters.